The number of benzene rings is 1. The lowest BCUT2D eigenvalue weighted by molar-refractivity contribution is 0.394. The topological polar surface area (TPSA) is 18.5 Å². The van der Waals surface area contributed by atoms with Gasteiger partial charge in [0.05, 0.1) is 14.2 Å². The summed E-state index contributed by atoms with van der Waals surface area (Å²) < 4.78 is 10.4. The molecule has 0 N–H and O–H groups in total. The lowest BCUT2D eigenvalue weighted by atomic mass is 10.2. The predicted molar refractivity (Wildman–Crippen MR) is 72.8 cm³/mol. The van der Waals surface area contributed by atoms with E-state index in [-0.39, 0.29) is 0 Å². The third kappa shape index (κ3) is 3.11. The summed E-state index contributed by atoms with van der Waals surface area (Å²) in [5.41, 5.74) is 1.06. The van der Waals surface area contributed by atoms with E-state index in [1.165, 1.54) is 4.88 Å². The Morgan fingerprint density at radius 2 is 1.71 bits per heavy atom. The fourth-order valence-electron chi connectivity index (χ4n) is 1.49. The van der Waals surface area contributed by atoms with Gasteiger partial charge in [-0.2, -0.15) is 0 Å². The van der Waals surface area contributed by atoms with Crippen molar-refractivity contribution < 1.29 is 9.47 Å². The van der Waals surface area contributed by atoms with Crippen LogP contribution in [-0.4, -0.2) is 14.2 Å². The van der Waals surface area contributed by atoms with Gasteiger partial charge in [0.15, 0.2) is 0 Å². The number of rotatable bonds is 4. The first kappa shape index (κ1) is 11.7. The summed E-state index contributed by atoms with van der Waals surface area (Å²) in [6.07, 6.45) is 4.13. The Bertz CT molecular complexity index is 479. The zero-order valence-electron chi connectivity index (χ0n) is 9.84. The van der Waals surface area contributed by atoms with E-state index in [9.17, 15) is 0 Å². The van der Waals surface area contributed by atoms with Crippen molar-refractivity contribution in [2.75, 3.05) is 14.2 Å². The van der Waals surface area contributed by atoms with Crippen molar-refractivity contribution in [3.63, 3.8) is 0 Å². The second-order valence-corrected chi connectivity index (χ2v) is 4.47. The van der Waals surface area contributed by atoms with E-state index >= 15 is 0 Å². The van der Waals surface area contributed by atoms with Gasteiger partial charge >= 0.3 is 0 Å². The van der Waals surface area contributed by atoms with E-state index in [4.69, 9.17) is 9.47 Å². The van der Waals surface area contributed by atoms with Gasteiger partial charge in [0.25, 0.3) is 0 Å². The Hall–Kier alpha value is -1.74. The van der Waals surface area contributed by atoms with Gasteiger partial charge in [0, 0.05) is 10.9 Å². The van der Waals surface area contributed by atoms with E-state index in [2.05, 4.69) is 23.6 Å². The van der Waals surface area contributed by atoms with Crippen molar-refractivity contribution >= 4 is 23.5 Å². The number of hydrogen-bond donors (Lipinski definition) is 0. The van der Waals surface area contributed by atoms with Gasteiger partial charge in [-0.25, -0.2) is 0 Å². The molecule has 0 aliphatic rings. The van der Waals surface area contributed by atoms with Gasteiger partial charge in [0.1, 0.15) is 11.5 Å². The third-order valence-corrected chi connectivity index (χ3v) is 3.19. The second-order valence-electron chi connectivity index (χ2n) is 3.49. The van der Waals surface area contributed by atoms with Crippen LogP contribution >= 0.6 is 11.3 Å². The quantitative estimate of drug-likeness (QED) is 0.813. The predicted octanol–water partition coefficient (Wildman–Crippen LogP) is 3.94. The number of hydrogen-bond acceptors (Lipinski definition) is 3. The molecule has 2 aromatic rings. The SMILES string of the molecule is COc1cc(C=Cc2cccs2)cc(OC)c1. The zero-order valence-corrected chi connectivity index (χ0v) is 10.7. The normalized spacial score (nSPS) is 10.7. The van der Waals surface area contributed by atoms with Gasteiger partial charge in [0.2, 0.25) is 0 Å². The molecule has 0 fully saturated rings. The average molecular weight is 246 g/mol. The van der Waals surface area contributed by atoms with Crippen LogP contribution in [0.25, 0.3) is 12.2 Å². The molecule has 1 aromatic heterocycles. The molecule has 0 saturated carbocycles. The van der Waals surface area contributed by atoms with Crippen LogP contribution in [0.1, 0.15) is 10.4 Å². The molecule has 0 atom stereocenters. The largest absolute Gasteiger partial charge is 0.497 e. The van der Waals surface area contributed by atoms with Gasteiger partial charge in [-0.05, 0) is 35.2 Å². The number of thiophene rings is 1. The maximum atomic E-state index is 5.22. The minimum absolute atomic E-state index is 0.801. The lowest BCUT2D eigenvalue weighted by Gasteiger charge is -2.05. The number of ether oxygens (including phenoxy) is 2. The van der Waals surface area contributed by atoms with Crippen molar-refractivity contribution in [3.05, 3.63) is 46.2 Å². The smallest absolute Gasteiger partial charge is 0.123 e. The molecule has 0 unspecified atom stereocenters. The Labute approximate surface area is 105 Å². The van der Waals surface area contributed by atoms with Crippen LogP contribution in [0.15, 0.2) is 35.7 Å². The minimum atomic E-state index is 0.801. The average Bonchev–Trinajstić information content (AvgIpc) is 2.89. The van der Waals surface area contributed by atoms with E-state index < -0.39 is 0 Å². The molecule has 3 heteroatoms. The van der Waals surface area contributed by atoms with Crippen molar-refractivity contribution in [3.8, 4) is 11.5 Å². The molecule has 0 bridgehead atoms. The maximum Gasteiger partial charge on any atom is 0.123 e. The van der Waals surface area contributed by atoms with E-state index in [0.29, 0.717) is 0 Å². The highest BCUT2D eigenvalue weighted by Crippen LogP contribution is 2.24. The summed E-state index contributed by atoms with van der Waals surface area (Å²) >= 11 is 1.71. The molecule has 0 amide bonds. The Kier molecular flexibility index (Phi) is 3.83. The van der Waals surface area contributed by atoms with Gasteiger partial charge in [-0.3, -0.25) is 0 Å². The first-order chi connectivity index (χ1) is 8.31. The molecule has 1 heterocycles. The van der Waals surface area contributed by atoms with E-state index in [1.54, 1.807) is 25.6 Å². The maximum absolute atomic E-state index is 5.22. The summed E-state index contributed by atoms with van der Waals surface area (Å²) in [5.74, 6) is 1.60. The molecule has 0 saturated heterocycles. The number of methoxy groups -OCH3 is 2. The summed E-state index contributed by atoms with van der Waals surface area (Å²) in [4.78, 5) is 1.23. The zero-order chi connectivity index (χ0) is 12.1. The first-order valence-corrected chi connectivity index (χ1v) is 6.14. The molecule has 88 valence electrons. The molecule has 0 spiro atoms. The summed E-state index contributed by atoms with van der Waals surface area (Å²) in [6, 6.07) is 9.94. The molecule has 2 nitrogen and oxygen atoms in total. The molecule has 0 aliphatic heterocycles. The fraction of sp³-hybridized carbons (Fsp3) is 0.143. The van der Waals surface area contributed by atoms with Crippen LogP contribution in [0, 0.1) is 0 Å². The van der Waals surface area contributed by atoms with Crippen LogP contribution in [0.4, 0.5) is 0 Å². The van der Waals surface area contributed by atoms with Crippen LogP contribution in [0.5, 0.6) is 11.5 Å². The van der Waals surface area contributed by atoms with E-state index in [0.717, 1.165) is 17.1 Å². The molecular weight excluding hydrogens is 232 g/mol. The monoisotopic (exact) mass is 246 g/mol. The van der Waals surface area contributed by atoms with Crippen LogP contribution in [0.3, 0.4) is 0 Å². The lowest BCUT2D eigenvalue weighted by Crippen LogP contribution is -1.87. The van der Waals surface area contributed by atoms with Crippen molar-refractivity contribution in [1.29, 1.82) is 0 Å². The van der Waals surface area contributed by atoms with E-state index in [1.807, 2.05) is 24.3 Å². The standard InChI is InChI=1S/C14H14O2S/c1-15-12-8-11(9-13(10-12)16-2)5-6-14-4-3-7-17-14/h3-10H,1-2H3. The van der Waals surface area contributed by atoms with Crippen LogP contribution in [-0.2, 0) is 0 Å². The molecule has 1 aromatic carbocycles. The first-order valence-electron chi connectivity index (χ1n) is 5.26. The fourth-order valence-corrected chi connectivity index (χ4v) is 2.11. The van der Waals surface area contributed by atoms with Gasteiger partial charge < -0.3 is 9.47 Å². The van der Waals surface area contributed by atoms with Crippen molar-refractivity contribution in [2.45, 2.75) is 0 Å². The van der Waals surface area contributed by atoms with Crippen molar-refractivity contribution in [1.82, 2.24) is 0 Å². The molecule has 0 aliphatic carbocycles. The van der Waals surface area contributed by atoms with Crippen LogP contribution in [0.2, 0.25) is 0 Å². The highest BCUT2D eigenvalue weighted by Gasteiger charge is 1.99. The molecule has 17 heavy (non-hydrogen) atoms. The molecular formula is C14H14O2S. The second kappa shape index (κ2) is 5.55. The van der Waals surface area contributed by atoms with Crippen LogP contribution < -0.4 is 9.47 Å². The third-order valence-electron chi connectivity index (χ3n) is 2.36. The summed E-state index contributed by atoms with van der Waals surface area (Å²) in [5, 5.41) is 2.06. The Morgan fingerprint density at radius 3 is 2.24 bits per heavy atom. The van der Waals surface area contributed by atoms with Crippen molar-refractivity contribution in [2.24, 2.45) is 0 Å². The summed E-state index contributed by atoms with van der Waals surface area (Å²) in [6.45, 7) is 0. The van der Waals surface area contributed by atoms with Gasteiger partial charge in [-0.1, -0.05) is 12.1 Å². The Balaban J connectivity index is 2.25. The Morgan fingerprint density at radius 1 is 1.00 bits per heavy atom. The molecule has 2 rings (SSSR count). The highest BCUT2D eigenvalue weighted by atomic mass is 32.1. The molecule has 0 radical (unpaired) electrons. The summed E-state index contributed by atoms with van der Waals surface area (Å²) in [7, 11) is 3.31. The highest BCUT2D eigenvalue weighted by molar-refractivity contribution is 7.10. The van der Waals surface area contributed by atoms with Gasteiger partial charge in [-0.15, -0.1) is 11.3 Å². The minimum Gasteiger partial charge on any atom is -0.497 e.